The molecule has 1 aromatic rings. The maximum Gasteiger partial charge on any atom is 0.0545 e. The number of hydrogen-bond acceptors (Lipinski definition) is 2. The Morgan fingerprint density at radius 3 is 2.47 bits per heavy atom. The number of rotatable bonds is 6. The Labute approximate surface area is 94.5 Å². The van der Waals surface area contributed by atoms with Crippen LogP contribution >= 0.6 is 0 Å². The summed E-state index contributed by atoms with van der Waals surface area (Å²) >= 11 is 0. The third kappa shape index (κ3) is 4.14. The van der Waals surface area contributed by atoms with E-state index in [4.69, 9.17) is 0 Å². The Bertz CT molecular complexity index is 300. The van der Waals surface area contributed by atoms with E-state index in [1.807, 2.05) is 30.3 Å². The molecule has 0 saturated carbocycles. The van der Waals surface area contributed by atoms with Crippen LogP contribution in [0, 0.1) is 0 Å². The highest BCUT2D eigenvalue weighted by Gasteiger charge is 2.10. The molecule has 15 heavy (non-hydrogen) atoms. The molecule has 0 bridgehead atoms. The van der Waals surface area contributed by atoms with Crippen LogP contribution in [0.1, 0.15) is 20.3 Å². The molecule has 0 aromatic heterocycles. The molecule has 2 unspecified atom stereocenters. The fraction of sp³-hybridized carbons (Fsp3) is 0.500. The van der Waals surface area contributed by atoms with Crippen LogP contribution in [0.2, 0.25) is 0 Å². The monoisotopic (exact) mass is 225 g/mol. The van der Waals surface area contributed by atoms with E-state index in [1.165, 1.54) is 0 Å². The largest absolute Gasteiger partial charge is 0.313 e. The van der Waals surface area contributed by atoms with E-state index in [9.17, 15) is 4.21 Å². The molecule has 1 rings (SSSR count). The van der Waals surface area contributed by atoms with E-state index in [1.54, 1.807) is 0 Å². The Balaban J connectivity index is 2.55. The van der Waals surface area contributed by atoms with Crippen molar-refractivity contribution in [3.63, 3.8) is 0 Å². The molecule has 0 saturated heterocycles. The van der Waals surface area contributed by atoms with Crippen molar-refractivity contribution in [2.24, 2.45) is 0 Å². The molecule has 2 nitrogen and oxygen atoms in total. The van der Waals surface area contributed by atoms with Crippen molar-refractivity contribution in [3.05, 3.63) is 30.3 Å². The van der Waals surface area contributed by atoms with Gasteiger partial charge >= 0.3 is 0 Å². The van der Waals surface area contributed by atoms with E-state index in [2.05, 4.69) is 19.2 Å². The molecule has 0 radical (unpaired) electrons. The van der Waals surface area contributed by atoms with Crippen molar-refractivity contribution >= 4 is 10.8 Å². The minimum absolute atomic E-state index is 0.357. The van der Waals surface area contributed by atoms with Gasteiger partial charge in [-0.05, 0) is 25.1 Å². The summed E-state index contributed by atoms with van der Waals surface area (Å²) in [6.07, 6.45) is 1.02. The second-order valence-electron chi connectivity index (χ2n) is 3.49. The molecule has 0 heterocycles. The molecule has 0 aliphatic carbocycles. The van der Waals surface area contributed by atoms with Gasteiger partial charge in [0.2, 0.25) is 0 Å². The predicted molar refractivity (Wildman–Crippen MR) is 65.5 cm³/mol. The third-order valence-electron chi connectivity index (χ3n) is 2.34. The van der Waals surface area contributed by atoms with Crippen molar-refractivity contribution in [2.45, 2.75) is 31.2 Å². The van der Waals surface area contributed by atoms with Crippen LogP contribution in [-0.2, 0) is 10.8 Å². The summed E-state index contributed by atoms with van der Waals surface area (Å²) in [6.45, 7) is 5.13. The highest BCUT2D eigenvalue weighted by atomic mass is 32.2. The number of hydrogen-bond donors (Lipinski definition) is 1. The number of nitrogens with one attached hydrogen (secondary N) is 1. The average molecular weight is 225 g/mol. The van der Waals surface area contributed by atoms with E-state index < -0.39 is 10.8 Å². The van der Waals surface area contributed by atoms with Gasteiger partial charge in [0, 0.05) is 16.7 Å². The van der Waals surface area contributed by atoms with E-state index in [0.29, 0.717) is 11.8 Å². The van der Waals surface area contributed by atoms with E-state index in [0.717, 1.165) is 17.9 Å². The summed E-state index contributed by atoms with van der Waals surface area (Å²) < 4.78 is 12.0. The van der Waals surface area contributed by atoms with Gasteiger partial charge in [-0.1, -0.05) is 32.0 Å². The molecule has 2 atom stereocenters. The lowest BCUT2D eigenvalue weighted by molar-refractivity contribution is 0.553. The molecular formula is C12H19NOS. The van der Waals surface area contributed by atoms with Crippen molar-refractivity contribution in [1.29, 1.82) is 0 Å². The maximum absolute atomic E-state index is 12.0. The Hall–Kier alpha value is -0.670. The summed E-state index contributed by atoms with van der Waals surface area (Å²) in [5, 5.41) is 3.34. The first-order valence-corrected chi connectivity index (χ1v) is 6.76. The van der Waals surface area contributed by atoms with Gasteiger partial charge in [0.15, 0.2) is 0 Å². The van der Waals surface area contributed by atoms with Crippen molar-refractivity contribution < 1.29 is 4.21 Å². The predicted octanol–water partition coefficient (Wildman–Crippen LogP) is 2.18. The van der Waals surface area contributed by atoms with Crippen LogP contribution in [0.15, 0.2) is 35.2 Å². The maximum atomic E-state index is 12.0. The van der Waals surface area contributed by atoms with Crippen LogP contribution in [0.4, 0.5) is 0 Å². The Kier molecular flexibility index (Phi) is 5.58. The zero-order valence-electron chi connectivity index (χ0n) is 9.40. The Morgan fingerprint density at radius 1 is 1.27 bits per heavy atom. The minimum atomic E-state index is -0.877. The van der Waals surface area contributed by atoms with E-state index in [-0.39, 0.29) is 0 Å². The average Bonchev–Trinajstić information content (AvgIpc) is 2.29. The van der Waals surface area contributed by atoms with Crippen molar-refractivity contribution in [3.8, 4) is 0 Å². The first-order chi connectivity index (χ1) is 7.27. The normalized spacial score (nSPS) is 14.8. The van der Waals surface area contributed by atoms with Gasteiger partial charge in [-0.3, -0.25) is 4.21 Å². The molecular weight excluding hydrogens is 206 g/mol. The van der Waals surface area contributed by atoms with Gasteiger partial charge in [-0.15, -0.1) is 0 Å². The molecule has 0 fully saturated rings. The fourth-order valence-electron chi connectivity index (χ4n) is 1.46. The highest BCUT2D eigenvalue weighted by Crippen LogP contribution is 2.07. The van der Waals surface area contributed by atoms with Crippen LogP contribution in [0.5, 0.6) is 0 Å². The lowest BCUT2D eigenvalue weighted by Gasteiger charge is -2.14. The van der Waals surface area contributed by atoms with Gasteiger partial charge in [0.25, 0.3) is 0 Å². The zero-order chi connectivity index (χ0) is 11.1. The molecule has 3 heteroatoms. The second kappa shape index (κ2) is 6.75. The first-order valence-electron chi connectivity index (χ1n) is 5.44. The first kappa shape index (κ1) is 12.4. The van der Waals surface area contributed by atoms with Crippen LogP contribution in [-0.4, -0.2) is 22.5 Å². The van der Waals surface area contributed by atoms with Gasteiger partial charge < -0.3 is 5.32 Å². The van der Waals surface area contributed by atoms with Crippen LogP contribution in [0.25, 0.3) is 0 Å². The van der Waals surface area contributed by atoms with Crippen molar-refractivity contribution in [1.82, 2.24) is 5.32 Å². The Morgan fingerprint density at radius 2 is 1.93 bits per heavy atom. The zero-order valence-corrected chi connectivity index (χ0v) is 10.2. The summed E-state index contributed by atoms with van der Waals surface area (Å²) in [5.74, 6) is 0.703. The molecule has 1 aromatic carbocycles. The van der Waals surface area contributed by atoms with Gasteiger partial charge in [0.1, 0.15) is 0 Å². The molecule has 0 aliphatic heterocycles. The quantitative estimate of drug-likeness (QED) is 0.804. The number of benzene rings is 1. The summed E-state index contributed by atoms with van der Waals surface area (Å²) in [6, 6.07) is 10.0. The molecule has 0 spiro atoms. The molecule has 1 N–H and O–H groups in total. The lowest BCUT2D eigenvalue weighted by atomic mass is 10.2. The lowest BCUT2D eigenvalue weighted by Crippen LogP contribution is -2.33. The van der Waals surface area contributed by atoms with E-state index >= 15 is 0 Å². The summed E-state index contributed by atoms with van der Waals surface area (Å²) in [7, 11) is -0.877. The van der Waals surface area contributed by atoms with Crippen molar-refractivity contribution in [2.75, 3.05) is 12.3 Å². The van der Waals surface area contributed by atoms with Crippen LogP contribution in [0.3, 0.4) is 0 Å². The standard InChI is InChI=1S/C12H19NOS/c1-3-11(13-4-2)10-15(14)12-8-6-5-7-9-12/h5-9,11,13H,3-4,10H2,1-2H3. The second-order valence-corrected chi connectivity index (χ2v) is 4.98. The summed E-state index contributed by atoms with van der Waals surface area (Å²) in [5.41, 5.74) is 0. The molecule has 0 aliphatic rings. The highest BCUT2D eigenvalue weighted by molar-refractivity contribution is 7.85. The van der Waals surface area contributed by atoms with Crippen LogP contribution < -0.4 is 5.32 Å². The van der Waals surface area contributed by atoms with Gasteiger partial charge in [-0.25, -0.2) is 0 Å². The van der Waals surface area contributed by atoms with Gasteiger partial charge in [-0.2, -0.15) is 0 Å². The summed E-state index contributed by atoms with van der Waals surface area (Å²) in [4.78, 5) is 0.925. The molecule has 84 valence electrons. The van der Waals surface area contributed by atoms with Gasteiger partial charge in [0.05, 0.1) is 10.8 Å². The fourth-order valence-corrected chi connectivity index (χ4v) is 2.83. The SMILES string of the molecule is CCNC(CC)CS(=O)c1ccccc1. The minimum Gasteiger partial charge on any atom is -0.313 e. The molecule has 0 amide bonds. The smallest absolute Gasteiger partial charge is 0.0545 e. The topological polar surface area (TPSA) is 29.1 Å². The third-order valence-corrected chi connectivity index (χ3v) is 3.85.